The first-order chi connectivity index (χ1) is 6.85. The largest absolute Gasteiger partial charge is 0.298 e. The van der Waals surface area contributed by atoms with Crippen molar-refractivity contribution < 1.29 is 4.79 Å². The third-order valence-corrected chi connectivity index (χ3v) is 2.52. The monoisotopic (exact) mass is 196 g/mol. The van der Waals surface area contributed by atoms with Crippen molar-refractivity contribution in [2.75, 3.05) is 0 Å². The third-order valence-electron chi connectivity index (χ3n) is 2.52. The zero-order valence-electron chi connectivity index (χ0n) is 9.72. The molecule has 0 bridgehead atoms. The summed E-state index contributed by atoms with van der Waals surface area (Å²) in [4.78, 5) is 10.5. The van der Waals surface area contributed by atoms with E-state index in [1.165, 1.54) is 38.5 Å². The van der Waals surface area contributed by atoms with Crippen LogP contribution in [0.3, 0.4) is 0 Å². The molecule has 1 nitrogen and oxygen atoms in total. The topological polar surface area (TPSA) is 17.1 Å². The molecule has 0 aromatic rings. The number of rotatable bonds is 9. The number of aldehydes is 1. The van der Waals surface area contributed by atoms with E-state index in [4.69, 9.17) is 0 Å². The van der Waals surface area contributed by atoms with Crippen molar-refractivity contribution >= 4 is 6.29 Å². The Balaban J connectivity index is 3.27. The SMILES string of the molecule is CCCCCCCCC=C(C=O)CC. The van der Waals surface area contributed by atoms with E-state index >= 15 is 0 Å². The molecular weight excluding hydrogens is 172 g/mol. The highest BCUT2D eigenvalue weighted by molar-refractivity contribution is 5.72. The Morgan fingerprint density at radius 1 is 1.00 bits per heavy atom. The molecule has 0 N–H and O–H groups in total. The summed E-state index contributed by atoms with van der Waals surface area (Å²) in [5.41, 5.74) is 0.957. The molecule has 0 unspecified atom stereocenters. The van der Waals surface area contributed by atoms with E-state index in [9.17, 15) is 4.79 Å². The molecule has 0 fully saturated rings. The van der Waals surface area contributed by atoms with Crippen LogP contribution >= 0.6 is 0 Å². The second-order valence-corrected chi connectivity index (χ2v) is 3.81. The summed E-state index contributed by atoms with van der Waals surface area (Å²) < 4.78 is 0. The molecule has 0 rings (SSSR count). The first-order valence-electron chi connectivity index (χ1n) is 5.99. The van der Waals surface area contributed by atoms with E-state index in [0.29, 0.717) is 0 Å². The van der Waals surface area contributed by atoms with E-state index in [1.807, 2.05) is 6.92 Å². The van der Waals surface area contributed by atoms with Gasteiger partial charge in [-0.1, -0.05) is 52.0 Å². The number of hydrogen-bond acceptors (Lipinski definition) is 1. The minimum atomic E-state index is 0.874. The van der Waals surface area contributed by atoms with E-state index < -0.39 is 0 Å². The predicted molar refractivity (Wildman–Crippen MR) is 62.4 cm³/mol. The van der Waals surface area contributed by atoms with Crippen LogP contribution in [-0.4, -0.2) is 6.29 Å². The summed E-state index contributed by atoms with van der Waals surface area (Å²) >= 11 is 0. The predicted octanol–water partition coefficient (Wildman–Crippen LogP) is 4.27. The zero-order chi connectivity index (χ0) is 10.6. The Labute approximate surface area is 88.6 Å². The molecule has 0 aliphatic rings. The maximum Gasteiger partial charge on any atom is 0.145 e. The average molecular weight is 196 g/mol. The molecule has 0 saturated carbocycles. The van der Waals surface area contributed by atoms with Gasteiger partial charge in [-0.3, -0.25) is 4.79 Å². The van der Waals surface area contributed by atoms with Crippen LogP contribution < -0.4 is 0 Å². The summed E-state index contributed by atoms with van der Waals surface area (Å²) in [5, 5.41) is 0. The molecule has 14 heavy (non-hydrogen) atoms. The summed E-state index contributed by atoms with van der Waals surface area (Å²) in [6, 6.07) is 0. The fraction of sp³-hybridized carbons (Fsp3) is 0.769. The van der Waals surface area contributed by atoms with Crippen LogP contribution in [-0.2, 0) is 4.79 Å². The number of unbranched alkanes of at least 4 members (excludes halogenated alkanes) is 6. The minimum Gasteiger partial charge on any atom is -0.298 e. The number of carbonyl (C=O) groups excluding carboxylic acids is 1. The van der Waals surface area contributed by atoms with E-state index in [-0.39, 0.29) is 0 Å². The lowest BCUT2D eigenvalue weighted by atomic mass is 10.1. The van der Waals surface area contributed by atoms with Crippen LogP contribution in [0.15, 0.2) is 11.6 Å². The second kappa shape index (κ2) is 10.5. The summed E-state index contributed by atoms with van der Waals surface area (Å²) in [5.74, 6) is 0. The maximum absolute atomic E-state index is 10.5. The molecule has 82 valence electrons. The molecule has 0 saturated heterocycles. The van der Waals surface area contributed by atoms with E-state index in [1.54, 1.807) is 0 Å². The molecular formula is C13H24O. The Morgan fingerprint density at radius 2 is 1.64 bits per heavy atom. The summed E-state index contributed by atoms with van der Waals surface area (Å²) in [7, 11) is 0. The van der Waals surface area contributed by atoms with Gasteiger partial charge in [0, 0.05) is 0 Å². The van der Waals surface area contributed by atoms with Gasteiger partial charge in [-0.25, -0.2) is 0 Å². The van der Waals surface area contributed by atoms with Crippen LogP contribution in [0, 0.1) is 0 Å². The molecule has 0 spiro atoms. The Morgan fingerprint density at radius 3 is 2.21 bits per heavy atom. The lowest BCUT2D eigenvalue weighted by Gasteiger charge is -1.98. The van der Waals surface area contributed by atoms with Crippen molar-refractivity contribution in [2.24, 2.45) is 0 Å². The van der Waals surface area contributed by atoms with Gasteiger partial charge < -0.3 is 0 Å². The van der Waals surface area contributed by atoms with Crippen LogP contribution in [0.1, 0.15) is 65.2 Å². The van der Waals surface area contributed by atoms with Crippen LogP contribution in [0.2, 0.25) is 0 Å². The molecule has 0 aromatic heterocycles. The molecule has 0 atom stereocenters. The molecule has 0 aliphatic heterocycles. The Bertz CT molecular complexity index is 159. The second-order valence-electron chi connectivity index (χ2n) is 3.81. The molecule has 0 aliphatic carbocycles. The van der Waals surface area contributed by atoms with E-state index in [2.05, 4.69) is 13.0 Å². The summed E-state index contributed by atoms with van der Waals surface area (Å²) in [6.07, 6.45) is 13.0. The van der Waals surface area contributed by atoms with Crippen molar-refractivity contribution in [3.05, 3.63) is 11.6 Å². The van der Waals surface area contributed by atoms with E-state index in [0.717, 1.165) is 24.7 Å². The molecule has 0 radical (unpaired) electrons. The number of hydrogen-bond donors (Lipinski definition) is 0. The van der Waals surface area contributed by atoms with Gasteiger partial charge in [0.1, 0.15) is 6.29 Å². The quantitative estimate of drug-likeness (QED) is 0.306. The van der Waals surface area contributed by atoms with Crippen molar-refractivity contribution in [3.63, 3.8) is 0 Å². The van der Waals surface area contributed by atoms with Crippen molar-refractivity contribution in [2.45, 2.75) is 65.2 Å². The smallest absolute Gasteiger partial charge is 0.145 e. The van der Waals surface area contributed by atoms with Gasteiger partial charge >= 0.3 is 0 Å². The van der Waals surface area contributed by atoms with Crippen LogP contribution in [0.5, 0.6) is 0 Å². The van der Waals surface area contributed by atoms with Crippen LogP contribution in [0.25, 0.3) is 0 Å². The summed E-state index contributed by atoms with van der Waals surface area (Å²) in [6.45, 7) is 4.27. The Hall–Kier alpha value is -0.590. The zero-order valence-corrected chi connectivity index (χ0v) is 9.72. The molecule has 0 aromatic carbocycles. The fourth-order valence-electron chi connectivity index (χ4n) is 1.49. The Kier molecular flexibility index (Phi) is 10.0. The van der Waals surface area contributed by atoms with Gasteiger partial charge in [-0.05, 0) is 24.8 Å². The normalized spacial score (nSPS) is 11.7. The first kappa shape index (κ1) is 13.4. The highest BCUT2D eigenvalue weighted by Crippen LogP contribution is 2.08. The van der Waals surface area contributed by atoms with Crippen molar-refractivity contribution in [1.82, 2.24) is 0 Å². The lowest BCUT2D eigenvalue weighted by molar-refractivity contribution is -0.105. The maximum atomic E-state index is 10.5. The van der Waals surface area contributed by atoms with Crippen LogP contribution in [0.4, 0.5) is 0 Å². The van der Waals surface area contributed by atoms with Crippen molar-refractivity contribution in [1.29, 1.82) is 0 Å². The van der Waals surface area contributed by atoms with Gasteiger partial charge in [0.05, 0.1) is 0 Å². The van der Waals surface area contributed by atoms with Gasteiger partial charge in [-0.15, -0.1) is 0 Å². The average Bonchev–Trinajstić information content (AvgIpc) is 2.22. The minimum absolute atomic E-state index is 0.874. The van der Waals surface area contributed by atoms with Gasteiger partial charge in [0.25, 0.3) is 0 Å². The van der Waals surface area contributed by atoms with Gasteiger partial charge in [0.2, 0.25) is 0 Å². The van der Waals surface area contributed by atoms with Crippen molar-refractivity contribution in [3.8, 4) is 0 Å². The third kappa shape index (κ3) is 8.03. The fourth-order valence-corrected chi connectivity index (χ4v) is 1.49. The number of carbonyl (C=O) groups is 1. The molecule has 0 amide bonds. The molecule has 1 heteroatoms. The highest BCUT2D eigenvalue weighted by Gasteiger charge is 1.91. The van der Waals surface area contributed by atoms with Gasteiger partial charge in [0.15, 0.2) is 0 Å². The number of allylic oxidation sites excluding steroid dienone is 2. The standard InChI is InChI=1S/C13H24O/c1-3-5-6-7-8-9-10-11-13(4-2)12-14/h11-12H,3-10H2,1-2H3. The first-order valence-corrected chi connectivity index (χ1v) is 5.99. The molecule has 0 heterocycles. The highest BCUT2D eigenvalue weighted by atomic mass is 16.1. The lowest BCUT2D eigenvalue weighted by Crippen LogP contribution is -1.83. The van der Waals surface area contributed by atoms with Gasteiger partial charge in [-0.2, -0.15) is 0 Å².